The highest BCUT2D eigenvalue weighted by atomic mass is 127. The zero-order valence-corrected chi connectivity index (χ0v) is 22.1. The van der Waals surface area contributed by atoms with Gasteiger partial charge in [-0.15, -0.1) is 24.0 Å². The van der Waals surface area contributed by atoms with Crippen molar-refractivity contribution >= 4 is 29.9 Å². The molecule has 0 saturated heterocycles. The normalized spacial score (nSPS) is 11.2. The summed E-state index contributed by atoms with van der Waals surface area (Å²) in [6.07, 6.45) is 1.68. The molecule has 0 saturated carbocycles. The van der Waals surface area contributed by atoms with Crippen LogP contribution in [0.25, 0.3) is 11.5 Å². The lowest BCUT2D eigenvalue weighted by molar-refractivity contribution is 0.261. The Hall–Kier alpha value is -2.59. The van der Waals surface area contributed by atoms with E-state index in [-0.39, 0.29) is 24.0 Å². The summed E-state index contributed by atoms with van der Waals surface area (Å²) in [5, 5.41) is 6.60. The first-order chi connectivity index (χ1) is 15.5. The Labute approximate surface area is 213 Å². The van der Waals surface area contributed by atoms with Crippen LogP contribution in [-0.4, -0.2) is 49.6 Å². The van der Waals surface area contributed by atoms with Gasteiger partial charge in [0.05, 0.1) is 18.8 Å². The van der Waals surface area contributed by atoms with Crippen molar-refractivity contribution in [2.45, 2.75) is 26.9 Å². The molecule has 3 rings (SSSR count). The van der Waals surface area contributed by atoms with Gasteiger partial charge in [-0.05, 0) is 57.8 Å². The van der Waals surface area contributed by atoms with Crippen LogP contribution in [-0.2, 0) is 13.1 Å². The molecule has 33 heavy (non-hydrogen) atoms. The fraction of sp³-hybridized carbons (Fsp3) is 0.360. The van der Waals surface area contributed by atoms with Gasteiger partial charge in [-0.2, -0.15) is 0 Å². The van der Waals surface area contributed by atoms with E-state index >= 15 is 0 Å². The quantitative estimate of drug-likeness (QED) is 0.216. The first-order valence-electron chi connectivity index (χ1n) is 10.9. The third-order valence-electron chi connectivity index (χ3n) is 4.76. The second kappa shape index (κ2) is 13.8. The smallest absolute Gasteiger partial charge is 0.226 e. The Morgan fingerprint density at radius 3 is 2.64 bits per heavy atom. The van der Waals surface area contributed by atoms with Gasteiger partial charge in [-0.3, -0.25) is 0 Å². The van der Waals surface area contributed by atoms with E-state index in [9.17, 15) is 0 Å². The molecule has 0 unspecified atom stereocenters. The van der Waals surface area contributed by atoms with Gasteiger partial charge in [0.2, 0.25) is 5.89 Å². The maximum Gasteiger partial charge on any atom is 0.226 e. The number of aromatic nitrogens is 1. The van der Waals surface area contributed by atoms with Crippen LogP contribution in [0.5, 0.6) is 5.75 Å². The predicted octanol–water partition coefficient (Wildman–Crippen LogP) is 4.46. The number of rotatable bonds is 10. The number of nitrogens with zero attached hydrogens (tertiary/aromatic N) is 3. The molecular formula is C25H34IN5O2. The van der Waals surface area contributed by atoms with Crippen LogP contribution in [0, 0.1) is 6.92 Å². The number of likely N-dealkylation sites (N-methyl/N-ethyl adjacent to an activating group) is 1. The Balaban J connectivity index is 0.00000385. The molecule has 0 fully saturated rings. The highest BCUT2D eigenvalue weighted by molar-refractivity contribution is 14.0. The lowest BCUT2D eigenvalue weighted by atomic mass is 10.1. The summed E-state index contributed by atoms with van der Waals surface area (Å²) in [4.78, 5) is 11.4. The first-order valence-corrected chi connectivity index (χ1v) is 10.9. The molecule has 0 spiro atoms. The molecule has 8 heteroatoms. The number of aliphatic imine (C=N–C) groups is 1. The fourth-order valence-corrected chi connectivity index (χ4v) is 2.98. The van der Waals surface area contributed by atoms with Crippen molar-refractivity contribution < 1.29 is 9.15 Å². The topological polar surface area (TPSA) is 74.9 Å². The van der Waals surface area contributed by atoms with Crippen LogP contribution in [0.1, 0.15) is 23.7 Å². The second-order valence-electron chi connectivity index (χ2n) is 7.86. The largest absolute Gasteiger partial charge is 0.492 e. The molecule has 0 aliphatic rings. The molecule has 0 amide bonds. The molecule has 0 radical (unpaired) electrons. The highest BCUT2D eigenvalue weighted by Gasteiger charge is 2.07. The van der Waals surface area contributed by atoms with E-state index in [0.717, 1.165) is 41.6 Å². The summed E-state index contributed by atoms with van der Waals surface area (Å²) in [7, 11) is 4.07. The van der Waals surface area contributed by atoms with E-state index in [1.807, 2.05) is 51.4 Å². The second-order valence-corrected chi connectivity index (χ2v) is 7.86. The minimum atomic E-state index is 0. The molecular weight excluding hydrogens is 529 g/mol. The summed E-state index contributed by atoms with van der Waals surface area (Å²) < 4.78 is 11.5. The van der Waals surface area contributed by atoms with Crippen molar-refractivity contribution in [3.63, 3.8) is 0 Å². The van der Waals surface area contributed by atoms with Crippen LogP contribution in [0.2, 0.25) is 0 Å². The van der Waals surface area contributed by atoms with Gasteiger partial charge in [-0.1, -0.05) is 29.8 Å². The molecule has 7 nitrogen and oxygen atoms in total. The van der Waals surface area contributed by atoms with Gasteiger partial charge in [-0.25, -0.2) is 9.98 Å². The summed E-state index contributed by atoms with van der Waals surface area (Å²) in [6.45, 7) is 7.49. The molecule has 3 aromatic rings. The maximum absolute atomic E-state index is 5.82. The Kier molecular flexibility index (Phi) is 11.2. The van der Waals surface area contributed by atoms with Gasteiger partial charge in [0.15, 0.2) is 5.96 Å². The minimum Gasteiger partial charge on any atom is -0.492 e. The molecule has 1 aromatic heterocycles. The van der Waals surface area contributed by atoms with Gasteiger partial charge in [0.1, 0.15) is 18.6 Å². The minimum absolute atomic E-state index is 0. The lowest BCUT2D eigenvalue weighted by Crippen LogP contribution is -2.36. The average Bonchev–Trinajstić information content (AvgIpc) is 3.25. The maximum atomic E-state index is 5.82. The number of hydrogen-bond donors (Lipinski definition) is 2. The molecule has 0 bridgehead atoms. The number of hydrogen-bond acceptors (Lipinski definition) is 5. The van der Waals surface area contributed by atoms with E-state index in [2.05, 4.69) is 45.6 Å². The van der Waals surface area contributed by atoms with Crippen LogP contribution in [0.4, 0.5) is 0 Å². The van der Waals surface area contributed by atoms with E-state index < -0.39 is 0 Å². The molecule has 178 valence electrons. The van der Waals surface area contributed by atoms with E-state index in [1.54, 1.807) is 6.26 Å². The molecule has 0 aliphatic carbocycles. The van der Waals surface area contributed by atoms with E-state index in [1.165, 1.54) is 5.56 Å². The number of benzene rings is 2. The third kappa shape index (κ3) is 9.05. The van der Waals surface area contributed by atoms with Crippen molar-refractivity contribution in [3.05, 3.63) is 71.6 Å². The summed E-state index contributed by atoms with van der Waals surface area (Å²) in [5.74, 6) is 2.21. The molecule has 0 aliphatic heterocycles. The molecule has 2 N–H and O–H groups in total. The van der Waals surface area contributed by atoms with Gasteiger partial charge in [0, 0.05) is 18.7 Å². The van der Waals surface area contributed by atoms with Crippen molar-refractivity contribution in [2.24, 2.45) is 4.99 Å². The van der Waals surface area contributed by atoms with Crippen LogP contribution in [0.3, 0.4) is 0 Å². The fourth-order valence-electron chi connectivity index (χ4n) is 2.98. The zero-order valence-electron chi connectivity index (χ0n) is 19.8. The zero-order chi connectivity index (χ0) is 22.8. The van der Waals surface area contributed by atoms with Crippen LogP contribution >= 0.6 is 24.0 Å². The van der Waals surface area contributed by atoms with Crippen molar-refractivity contribution in [1.82, 2.24) is 20.5 Å². The first kappa shape index (κ1) is 26.7. The van der Waals surface area contributed by atoms with Gasteiger partial charge >= 0.3 is 0 Å². The summed E-state index contributed by atoms with van der Waals surface area (Å²) in [6, 6.07) is 16.2. The van der Waals surface area contributed by atoms with Crippen LogP contribution in [0.15, 0.2) is 64.2 Å². The van der Waals surface area contributed by atoms with Crippen molar-refractivity contribution in [2.75, 3.05) is 33.8 Å². The Morgan fingerprint density at radius 1 is 1.12 bits per heavy atom. The summed E-state index contributed by atoms with van der Waals surface area (Å²) in [5.41, 5.74) is 4.09. The lowest BCUT2D eigenvalue weighted by Gasteiger charge is -2.12. The number of guanidine groups is 1. The standard InChI is InChI=1S/C25H33N5O2.HI/c1-5-26-25(27-16-20-7-6-8-23(15-20)31-14-13-30(3)4)28-17-22-18-32-24(29-22)21-11-9-19(2)10-12-21;/h6-12,15,18H,5,13-14,16-17H2,1-4H3,(H2,26,27,28);1H. The monoisotopic (exact) mass is 563 g/mol. The number of oxazole rings is 1. The van der Waals surface area contributed by atoms with Crippen LogP contribution < -0.4 is 15.4 Å². The number of aryl methyl sites for hydroxylation is 1. The van der Waals surface area contributed by atoms with Crippen molar-refractivity contribution in [1.29, 1.82) is 0 Å². The van der Waals surface area contributed by atoms with E-state index in [4.69, 9.17) is 14.1 Å². The summed E-state index contributed by atoms with van der Waals surface area (Å²) >= 11 is 0. The van der Waals surface area contributed by atoms with Gasteiger partial charge in [0.25, 0.3) is 0 Å². The molecule has 2 aromatic carbocycles. The third-order valence-corrected chi connectivity index (χ3v) is 4.76. The number of nitrogens with one attached hydrogen (secondary N) is 2. The predicted molar refractivity (Wildman–Crippen MR) is 144 cm³/mol. The number of ether oxygens (including phenoxy) is 1. The highest BCUT2D eigenvalue weighted by Crippen LogP contribution is 2.19. The number of halogens is 1. The van der Waals surface area contributed by atoms with E-state index in [0.29, 0.717) is 25.6 Å². The SMILES string of the molecule is CCNC(=NCc1cccc(OCCN(C)C)c1)NCc1coc(-c2ccc(C)cc2)n1.I. The van der Waals surface area contributed by atoms with Crippen molar-refractivity contribution in [3.8, 4) is 17.2 Å². The van der Waals surface area contributed by atoms with Gasteiger partial charge < -0.3 is 24.7 Å². The molecule has 0 atom stereocenters. The Morgan fingerprint density at radius 2 is 1.91 bits per heavy atom. The Bertz CT molecular complexity index is 1000. The average molecular weight is 563 g/mol. The molecule has 1 heterocycles.